The third-order valence-corrected chi connectivity index (χ3v) is 7.99. The van der Waals surface area contributed by atoms with Crippen molar-refractivity contribution < 1.29 is 28.5 Å². The Morgan fingerprint density at radius 1 is 0.860 bits per heavy atom. The Balaban J connectivity index is 1.52. The van der Waals surface area contributed by atoms with Crippen LogP contribution in [-0.4, -0.2) is 39.6 Å². The van der Waals surface area contributed by atoms with Crippen molar-refractivity contribution in [1.82, 2.24) is 5.32 Å². The van der Waals surface area contributed by atoms with Crippen LogP contribution in [-0.2, 0) is 9.59 Å². The van der Waals surface area contributed by atoms with Crippen molar-refractivity contribution in [2.24, 2.45) is 0 Å². The van der Waals surface area contributed by atoms with E-state index in [-0.39, 0.29) is 17.6 Å². The molecule has 0 saturated carbocycles. The minimum absolute atomic E-state index is 0.00657. The lowest BCUT2D eigenvalue weighted by Gasteiger charge is -2.37. The molecule has 0 spiro atoms. The Bertz CT molecular complexity index is 1560. The van der Waals surface area contributed by atoms with E-state index in [9.17, 15) is 9.59 Å². The molecular formula is C35H38N2O6. The molecule has 3 aromatic carbocycles. The van der Waals surface area contributed by atoms with Gasteiger partial charge in [-0.05, 0) is 85.3 Å². The van der Waals surface area contributed by atoms with Gasteiger partial charge in [-0.15, -0.1) is 0 Å². The lowest BCUT2D eigenvalue weighted by molar-refractivity contribution is -0.116. The van der Waals surface area contributed by atoms with E-state index in [0.29, 0.717) is 59.2 Å². The smallest absolute Gasteiger partial charge is 0.254 e. The summed E-state index contributed by atoms with van der Waals surface area (Å²) in [7, 11) is 4.80. The number of carbonyl (C=O) groups excluding carboxylic acids is 2. The maximum Gasteiger partial charge on any atom is 0.254 e. The Morgan fingerprint density at radius 2 is 1.53 bits per heavy atom. The van der Waals surface area contributed by atoms with Crippen molar-refractivity contribution >= 4 is 17.4 Å². The summed E-state index contributed by atoms with van der Waals surface area (Å²) in [5, 5.41) is 6.47. The van der Waals surface area contributed by atoms with Crippen LogP contribution in [0.2, 0.25) is 0 Å². The van der Waals surface area contributed by atoms with E-state index in [1.54, 1.807) is 45.6 Å². The number of dihydropyridines is 1. The highest BCUT2D eigenvalue weighted by molar-refractivity contribution is 6.10. The Morgan fingerprint density at radius 3 is 2.19 bits per heavy atom. The monoisotopic (exact) mass is 582 g/mol. The summed E-state index contributed by atoms with van der Waals surface area (Å²) >= 11 is 0. The van der Waals surface area contributed by atoms with Crippen molar-refractivity contribution in [3.8, 4) is 23.0 Å². The van der Waals surface area contributed by atoms with E-state index in [4.69, 9.17) is 18.9 Å². The first kappa shape index (κ1) is 29.8. The number of carbonyl (C=O) groups is 2. The lowest BCUT2D eigenvalue weighted by atomic mass is 9.71. The third-order valence-electron chi connectivity index (χ3n) is 7.99. The number of benzene rings is 3. The van der Waals surface area contributed by atoms with Gasteiger partial charge in [-0.1, -0.05) is 25.1 Å². The zero-order valence-electron chi connectivity index (χ0n) is 25.3. The number of methoxy groups -OCH3 is 3. The van der Waals surface area contributed by atoms with Crippen molar-refractivity contribution in [1.29, 1.82) is 0 Å². The zero-order valence-corrected chi connectivity index (χ0v) is 25.3. The summed E-state index contributed by atoms with van der Waals surface area (Å²) in [6.07, 6.45) is 1.84. The molecule has 1 aliphatic carbocycles. The molecule has 0 saturated heterocycles. The van der Waals surface area contributed by atoms with Gasteiger partial charge in [-0.25, -0.2) is 0 Å². The standard InChI is InChI=1S/C35H38N2O6/c1-6-17-43-27-12-7-22(8-13-27)33-32(35(39)37-25-10-14-26(40-3)15-11-25)21(2)36-28-18-24(19-29(38)34(28)33)23-9-16-30(41-4)31(20-23)42-5/h7-16,20,24,33,36H,6,17-19H2,1-5H3,(H,37,39)/t24-,33+/m0/s1. The van der Waals surface area contributed by atoms with Crippen LogP contribution in [0.25, 0.3) is 0 Å². The van der Waals surface area contributed by atoms with Crippen LogP contribution in [0.4, 0.5) is 5.69 Å². The molecule has 0 bridgehead atoms. The quantitative estimate of drug-likeness (QED) is 0.282. The molecule has 0 fully saturated rings. The predicted molar refractivity (Wildman–Crippen MR) is 166 cm³/mol. The predicted octanol–water partition coefficient (Wildman–Crippen LogP) is 6.50. The van der Waals surface area contributed by atoms with Gasteiger partial charge < -0.3 is 29.6 Å². The molecule has 2 atom stereocenters. The molecule has 0 radical (unpaired) electrons. The Kier molecular flexibility index (Phi) is 9.04. The van der Waals surface area contributed by atoms with Crippen LogP contribution in [0.15, 0.2) is 89.3 Å². The van der Waals surface area contributed by atoms with E-state index in [0.717, 1.165) is 29.0 Å². The first-order chi connectivity index (χ1) is 20.9. The number of hydrogen-bond donors (Lipinski definition) is 2. The SMILES string of the molecule is CCCOc1ccc([C@@H]2C(C(=O)Nc3ccc(OC)cc3)=C(C)NC3=C2C(=O)C[C@@H](c2ccc(OC)c(OC)c2)C3)cc1. The summed E-state index contributed by atoms with van der Waals surface area (Å²) in [4.78, 5) is 27.9. The van der Waals surface area contributed by atoms with Crippen molar-refractivity contribution in [2.45, 2.75) is 44.9 Å². The number of allylic oxidation sites excluding steroid dienone is 3. The summed E-state index contributed by atoms with van der Waals surface area (Å²) in [6.45, 7) is 4.57. The number of hydrogen-bond acceptors (Lipinski definition) is 7. The van der Waals surface area contributed by atoms with Crippen molar-refractivity contribution in [3.63, 3.8) is 0 Å². The molecule has 224 valence electrons. The zero-order chi connectivity index (χ0) is 30.5. The number of ketones is 1. The minimum Gasteiger partial charge on any atom is -0.497 e. The lowest BCUT2D eigenvalue weighted by Crippen LogP contribution is -2.37. The number of ether oxygens (including phenoxy) is 4. The highest BCUT2D eigenvalue weighted by Gasteiger charge is 2.41. The summed E-state index contributed by atoms with van der Waals surface area (Å²) in [5.74, 6) is 1.87. The van der Waals surface area contributed by atoms with E-state index in [1.165, 1.54) is 0 Å². The third kappa shape index (κ3) is 6.23. The topological polar surface area (TPSA) is 95.1 Å². The van der Waals surface area contributed by atoms with E-state index < -0.39 is 5.92 Å². The van der Waals surface area contributed by atoms with Crippen LogP contribution in [0, 0.1) is 0 Å². The van der Waals surface area contributed by atoms with Gasteiger partial charge in [-0.3, -0.25) is 9.59 Å². The normalized spacial score (nSPS) is 18.0. The fraction of sp³-hybridized carbons (Fsp3) is 0.314. The van der Waals surface area contributed by atoms with Gasteiger partial charge in [0.05, 0.1) is 27.9 Å². The van der Waals surface area contributed by atoms with Gasteiger partial charge in [0.25, 0.3) is 5.91 Å². The molecule has 1 heterocycles. The number of anilines is 1. The van der Waals surface area contributed by atoms with E-state index in [1.807, 2.05) is 49.4 Å². The van der Waals surface area contributed by atoms with Crippen molar-refractivity contribution in [2.75, 3.05) is 33.3 Å². The molecule has 0 unspecified atom stereocenters. The highest BCUT2D eigenvalue weighted by atomic mass is 16.5. The second-order valence-corrected chi connectivity index (χ2v) is 10.7. The molecule has 8 nitrogen and oxygen atoms in total. The summed E-state index contributed by atoms with van der Waals surface area (Å²) < 4.78 is 22.0. The first-order valence-corrected chi connectivity index (χ1v) is 14.5. The molecule has 3 aromatic rings. The van der Waals surface area contributed by atoms with Gasteiger partial charge in [0, 0.05) is 40.6 Å². The molecule has 2 aliphatic rings. The molecule has 5 rings (SSSR count). The van der Waals surface area contributed by atoms with Gasteiger partial charge in [0.2, 0.25) is 0 Å². The van der Waals surface area contributed by atoms with Crippen LogP contribution in [0.3, 0.4) is 0 Å². The first-order valence-electron chi connectivity index (χ1n) is 14.5. The average molecular weight is 583 g/mol. The minimum atomic E-state index is -0.534. The summed E-state index contributed by atoms with van der Waals surface area (Å²) in [6, 6.07) is 20.7. The fourth-order valence-electron chi connectivity index (χ4n) is 5.87. The molecule has 2 N–H and O–H groups in total. The largest absolute Gasteiger partial charge is 0.497 e. The van der Waals surface area contributed by atoms with Crippen LogP contribution in [0.5, 0.6) is 23.0 Å². The number of rotatable bonds is 10. The maximum atomic E-state index is 14.0. The maximum absolute atomic E-state index is 14.0. The molecule has 43 heavy (non-hydrogen) atoms. The Hall–Kier alpha value is -4.72. The van der Waals surface area contributed by atoms with Gasteiger partial charge in [-0.2, -0.15) is 0 Å². The fourth-order valence-corrected chi connectivity index (χ4v) is 5.87. The number of amides is 1. The van der Waals surface area contributed by atoms with Gasteiger partial charge in [0.1, 0.15) is 11.5 Å². The van der Waals surface area contributed by atoms with Crippen molar-refractivity contribution in [3.05, 3.63) is 100 Å². The molecule has 8 heteroatoms. The second kappa shape index (κ2) is 13.1. The van der Waals surface area contributed by atoms with Crippen LogP contribution in [0.1, 0.15) is 56.1 Å². The van der Waals surface area contributed by atoms with Gasteiger partial charge in [0.15, 0.2) is 17.3 Å². The molecular weight excluding hydrogens is 544 g/mol. The number of nitrogens with one attached hydrogen (secondary N) is 2. The molecule has 1 aliphatic heterocycles. The number of Topliss-reactive ketones (excluding diaryl/α,β-unsaturated/α-hetero) is 1. The van der Waals surface area contributed by atoms with Gasteiger partial charge >= 0.3 is 0 Å². The summed E-state index contributed by atoms with van der Waals surface area (Å²) in [5.41, 5.74) is 5.18. The highest BCUT2D eigenvalue weighted by Crippen LogP contribution is 2.46. The van der Waals surface area contributed by atoms with E-state index in [2.05, 4.69) is 17.6 Å². The van der Waals surface area contributed by atoms with Crippen LogP contribution < -0.4 is 29.6 Å². The Labute approximate surface area is 252 Å². The molecule has 0 aromatic heterocycles. The second-order valence-electron chi connectivity index (χ2n) is 10.7. The van der Waals surface area contributed by atoms with E-state index >= 15 is 0 Å². The average Bonchev–Trinajstić information content (AvgIpc) is 3.03. The molecule has 1 amide bonds. The van der Waals surface area contributed by atoms with Crippen LogP contribution >= 0.6 is 0 Å².